The third-order valence-corrected chi connectivity index (χ3v) is 8.74. The zero-order valence-electron chi connectivity index (χ0n) is 25.1. The molecule has 1 atom stereocenters. The second-order valence-corrected chi connectivity index (χ2v) is 11.8. The molecule has 4 N–H and O–H groups in total. The molecule has 0 radical (unpaired) electrons. The topological polar surface area (TPSA) is 135 Å². The van der Waals surface area contributed by atoms with Crippen molar-refractivity contribution in [2.45, 2.75) is 32.0 Å². The Morgan fingerprint density at radius 1 is 1.00 bits per heavy atom. The molecule has 0 saturated carbocycles. The summed E-state index contributed by atoms with van der Waals surface area (Å²) in [6.45, 7) is 1.17. The van der Waals surface area contributed by atoms with Crippen LogP contribution in [0.1, 0.15) is 24.0 Å². The molecule has 0 spiro atoms. The predicted octanol–water partition coefficient (Wildman–Crippen LogP) is 6.00. The minimum absolute atomic E-state index is 0.0650. The molecule has 0 aliphatic carbocycles. The summed E-state index contributed by atoms with van der Waals surface area (Å²) in [6, 6.07) is 14.7. The number of nitrogens with zero attached hydrogens (tertiary/aromatic N) is 2. The van der Waals surface area contributed by atoms with Crippen molar-refractivity contribution in [1.82, 2.24) is 25.9 Å². The van der Waals surface area contributed by atoms with E-state index >= 15 is 0 Å². The molecule has 0 unspecified atom stereocenters. The van der Waals surface area contributed by atoms with Gasteiger partial charge in [-0.15, -0.1) is 0 Å². The SMILES string of the molecule is COc1cc(-c2nccc(-c3cccc(-c4cc(Cl)c(CNC[C@H]5CCC(=O)N5)c(OC)n4)c3Cl)c2Cl)ccc1CNCC(=O)O. The fraction of sp³-hybridized carbons (Fsp3) is 0.273. The molecule has 4 aromatic rings. The highest BCUT2D eigenvalue weighted by atomic mass is 35.5. The quantitative estimate of drug-likeness (QED) is 0.134. The number of carbonyl (C=O) groups is 2. The molecule has 1 aliphatic rings. The lowest BCUT2D eigenvalue weighted by atomic mass is 9.99. The molecule has 1 amide bonds. The van der Waals surface area contributed by atoms with E-state index in [1.807, 2.05) is 36.4 Å². The number of methoxy groups -OCH3 is 2. The van der Waals surface area contributed by atoms with Gasteiger partial charge in [0.05, 0.1) is 47.2 Å². The van der Waals surface area contributed by atoms with Gasteiger partial charge >= 0.3 is 5.97 Å². The number of aliphatic carboxylic acids is 1. The molecule has 1 aliphatic heterocycles. The third-order valence-electron chi connectivity index (χ3n) is 7.61. The van der Waals surface area contributed by atoms with Gasteiger partial charge in [-0.25, -0.2) is 4.98 Å². The Kier molecular flexibility index (Phi) is 11.0. The Morgan fingerprint density at radius 3 is 2.50 bits per heavy atom. The van der Waals surface area contributed by atoms with Crippen LogP contribution < -0.4 is 25.4 Å². The van der Waals surface area contributed by atoms with E-state index in [1.165, 1.54) is 7.11 Å². The van der Waals surface area contributed by atoms with Crippen LogP contribution in [0.3, 0.4) is 0 Å². The summed E-state index contributed by atoms with van der Waals surface area (Å²) in [5.41, 5.74) is 5.26. The smallest absolute Gasteiger partial charge is 0.317 e. The standard InChI is InChI=1S/C33H32Cl3N5O5/c1-45-27-12-18(6-7-19(27)14-37-17-29(43)44)32-31(36)22(10-11-39-32)21-4-3-5-23(30(21)35)26-13-25(34)24(33(41-26)46-2)16-38-15-20-8-9-28(42)40-20/h3-7,10-13,20,37-38H,8-9,14-17H2,1-2H3,(H,40,42)(H,43,44)/t20-/m1/s1. The van der Waals surface area contributed by atoms with E-state index in [-0.39, 0.29) is 18.5 Å². The maximum absolute atomic E-state index is 11.5. The van der Waals surface area contributed by atoms with Crippen molar-refractivity contribution in [3.05, 3.63) is 80.9 Å². The lowest BCUT2D eigenvalue weighted by Crippen LogP contribution is -2.35. The van der Waals surface area contributed by atoms with Crippen LogP contribution in [0.4, 0.5) is 0 Å². The molecule has 240 valence electrons. The van der Waals surface area contributed by atoms with Crippen molar-refractivity contribution in [2.75, 3.05) is 27.3 Å². The van der Waals surface area contributed by atoms with E-state index in [0.717, 1.165) is 17.5 Å². The van der Waals surface area contributed by atoms with Crippen LogP contribution in [0.15, 0.2) is 54.7 Å². The fourth-order valence-electron chi connectivity index (χ4n) is 5.32. The summed E-state index contributed by atoms with van der Waals surface area (Å²) in [5, 5.41) is 19.3. The van der Waals surface area contributed by atoms with E-state index in [9.17, 15) is 9.59 Å². The van der Waals surface area contributed by atoms with Gasteiger partial charge in [0.25, 0.3) is 0 Å². The summed E-state index contributed by atoms with van der Waals surface area (Å²) in [5.74, 6) is 0.0584. The van der Waals surface area contributed by atoms with Gasteiger partial charge in [0.2, 0.25) is 11.8 Å². The number of pyridine rings is 2. The number of carboxylic acids is 1. The van der Waals surface area contributed by atoms with Gasteiger partial charge in [-0.1, -0.05) is 65.1 Å². The average molecular weight is 685 g/mol. The predicted molar refractivity (Wildman–Crippen MR) is 179 cm³/mol. The minimum atomic E-state index is -0.943. The minimum Gasteiger partial charge on any atom is -0.496 e. The first-order valence-electron chi connectivity index (χ1n) is 14.5. The second kappa shape index (κ2) is 15.1. The maximum Gasteiger partial charge on any atom is 0.317 e. The lowest BCUT2D eigenvalue weighted by molar-refractivity contribution is -0.136. The third kappa shape index (κ3) is 7.54. The molecule has 0 bridgehead atoms. The number of rotatable bonds is 13. The number of hydrogen-bond donors (Lipinski definition) is 4. The Balaban J connectivity index is 1.42. The molecule has 1 saturated heterocycles. The number of ether oxygens (including phenoxy) is 2. The number of amides is 1. The van der Waals surface area contributed by atoms with E-state index in [1.54, 1.807) is 25.4 Å². The molecule has 13 heteroatoms. The second-order valence-electron chi connectivity index (χ2n) is 10.6. The van der Waals surface area contributed by atoms with Gasteiger partial charge in [-0.05, 0) is 24.6 Å². The number of halogens is 3. The van der Waals surface area contributed by atoms with Crippen molar-refractivity contribution >= 4 is 46.7 Å². The normalized spacial score (nSPS) is 14.3. The number of nitrogens with one attached hydrogen (secondary N) is 3. The first kappa shape index (κ1) is 33.4. The Bertz CT molecular complexity index is 1770. The van der Waals surface area contributed by atoms with Gasteiger partial charge in [-0.2, -0.15) is 0 Å². The highest BCUT2D eigenvalue weighted by Crippen LogP contribution is 2.43. The van der Waals surface area contributed by atoms with Gasteiger partial charge in [-0.3, -0.25) is 14.6 Å². The molecule has 1 fully saturated rings. The van der Waals surface area contributed by atoms with Crippen LogP contribution in [0, 0.1) is 0 Å². The summed E-state index contributed by atoms with van der Waals surface area (Å²) >= 11 is 20.7. The molecular formula is C33H32Cl3N5O5. The van der Waals surface area contributed by atoms with E-state index in [0.29, 0.717) is 86.4 Å². The number of hydrogen-bond acceptors (Lipinski definition) is 8. The molecule has 5 rings (SSSR count). The molecule has 3 heterocycles. The summed E-state index contributed by atoms with van der Waals surface area (Å²) < 4.78 is 11.2. The maximum atomic E-state index is 11.5. The average Bonchev–Trinajstić information content (AvgIpc) is 3.46. The van der Waals surface area contributed by atoms with Crippen molar-refractivity contribution < 1.29 is 24.2 Å². The van der Waals surface area contributed by atoms with Crippen molar-refractivity contribution in [2.24, 2.45) is 0 Å². The summed E-state index contributed by atoms with van der Waals surface area (Å²) in [7, 11) is 3.08. The van der Waals surface area contributed by atoms with E-state index in [4.69, 9.17) is 54.4 Å². The largest absolute Gasteiger partial charge is 0.496 e. The highest BCUT2D eigenvalue weighted by molar-refractivity contribution is 6.39. The van der Waals surface area contributed by atoms with Crippen molar-refractivity contribution in [1.29, 1.82) is 0 Å². The Labute approximate surface area is 281 Å². The van der Waals surface area contributed by atoms with Crippen LogP contribution in [-0.2, 0) is 22.7 Å². The zero-order valence-corrected chi connectivity index (χ0v) is 27.4. The van der Waals surface area contributed by atoms with Crippen LogP contribution >= 0.6 is 34.8 Å². The molecule has 2 aromatic heterocycles. The number of benzene rings is 2. The highest BCUT2D eigenvalue weighted by Gasteiger charge is 2.22. The zero-order chi connectivity index (χ0) is 32.8. The summed E-state index contributed by atoms with van der Waals surface area (Å²) in [6.07, 6.45) is 2.99. The van der Waals surface area contributed by atoms with Crippen LogP contribution in [-0.4, -0.2) is 60.3 Å². The Hall–Kier alpha value is -3.93. The van der Waals surface area contributed by atoms with Gasteiger partial charge in [0, 0.05) is 71.7 Å². The van der Waals surface area contributed by atoms with Crippen LogP contribution in [0.5, 0.6) is 11.6 Å². The first-order chi connectivity index (χ1) is 22.2. The number of aromatic nitrogens is 2. The molecular weight excluding hydrogens is 653 g/mol. The first-order valence-corrected chi connectivity index (χ1v) is 15.6. The fourth-order valence-corrected chi connectivity index (χ4v) is 6.22. The van der Waals surface area contributed by atoms with Gasteiger partial charge in [0.1, 0.15) is 5.75 Å². The van der Waals surface area contributed by atoms with Crippen LogP contribution in [0.2, 0.25) is 15.1 Å². The lowest BCUT2D eigenvalue weighted by Gasteiger charge is -2.17. The molecule has 2 aromatic carbocycles. The van der Waals surface area contributed by atoms with E-state index in [2.05, 4.69) is 20.9 Å². The Morgan fingerprint density at radius 2 is 1.78 bits per heavy atom. The van der Waals surface area contributed by atoms with Gasteiger partial charge in [0.15, 0.2) is 0 Å². The monoisotopic (exact) mass is 683 g/mol. The number of carboxylic acid groups (broad SMARTS) is 1. The van der Waals surface area contributed by atoms with Crippen molar-refractivity contribution in [3.63, 3.8) is 0 Å². The molecule has 10 nitrogen and oxygen atoms in total. The summed E-state index contributed by atoms with van der Waals surface area (Å²) in [4.78, 5) is 31.6. The van der Waals surface area contributed by atoms with E-state index < -0.39 is 5.97 Å². The molecule has 46 heavy (non-hydrogen) atoms. The van der Waals surface area contributed by atoms with Gasteiger partial charge < -0.3 is 30.5 Å². The number of carbonyl (C=O) groups excluding carboxylic acids is 1. The van der Waals surface area contributed by atoms with Crippen LogP contribution in [0.25, 0.3) is 33.6 Å². The van der Waals surface area contributed by atoms with Crippen molar-refractivity contribution in [3.8, 4) is 45.3 Å².